The van der Waals surface area contributed by atoms with Gasteiger partial charge in [-0.1, -0.05) is 25.1 Å². The van der Waals surface area contributed by atoms with E-state index in [9.17, 15) is 4.79 Å². The summed E-state index contributed by atoms with van der Waals surface area (Å²) in [6, 6.07) is 7.66. The monoisotopic (exact) mass is 339 g/mol. The number of nitrogens with zero attached hydrogens (tertiary/aromatic N) is 1. The number of benzene rings is 1. The Morgan fingerprint density at radius 2 is 2.27 bits per heavy atom. The number of fused-ring (bicyclic) bond motifs is 1. The molecule has 2 heterocycles. The van der Waals surface area contributed by atoms with E-state index in [0.29, 0.717) is 11.7 Å². The third-order valence-corrected chi connectivity index (χ3v) is 5.12. The minimum absolute atomic E-state index is 0. The third-order valence-electron chi connectivity index (χ3n) is 3.98. The van der Waals surface area contributed by atoms with E-state index in [1.54, 1.807) is 0 Å². The van der Waals surface area contributed by atoms with Crippen molar-refractivity contribution in [2.45, 2.75) is 24.6 Å². The number of rotatable bonds is 3. The lowest BCUT2D eigenvalue weighted by molar-refractivity contribution is -0.132. The van der Waals surface area contributed by atoms with Gasteiger partial charge in [-0.25, -0.2) is 0 Å². The van der Waals surface area contributed by atoms with Gasteiger partial charge in [0, 0.05) is 41.2 Å². The zero-order valence-electron chi connectivity index (χ0n) is 12.6. The molecule has 1 aliphatic rings. The first-order valence-electron chi connectivity index (χ1n) is 7.36. The molecule has 0 spiro atoms. The van der Waals surface area contributed by atoms with Crippen LogP contribution in [0.5, 0.6) is 0 Å². The molecule has 3 N–H and O–H groups in total. The van der Waals surface area contributed by atoms with Crippen LogP contribution in [0.4, 0.5) is 0 Å². The summed E-state index contributed by atoms with van der Waals surface area (Å²) in [6.45, 7) is 3.79. The second-order valence-electron chi connectivity index (χ2n) is 5.64. The van der Waals surface area contributed by atoms with Gasteiger partial charge in [0.05, 0.1) is 6.04 Å². The van der Waals surface area contributed by atoms with Crippen molar-refractivity contribution in [2.24, 2.45) is 5.73 Å². The highest BCUT2D eigenvalue weighted by Gasteiger charge is 2.26. The summed E-state index contributed by atoms with van der Waals surface area (Å²) in [5.74, 6) is 1.08. The molecule has 3 rings (SSSR count). The summed E-state index contributed by atoms with van der Waals surface area (Å²) in [5.41, 5.74) is 8.37. The van der Waals surface area contributed by atoms with Gasteiger partial charge in [-0.15, -0.1) is 12.4 Å². The molecule has 0 saturated carbocycles. The summed E-state index contributed by atoms with van der Waals surface area (Å²) in [7, 11) is 0. The minimum Gasteiger partial charge on any atom is -0.361 e. The van der Waals surface area contributed by atoms with Crippen molar-refractivity contribution in [1.29, 1.82) is 0 Å². The van der Waals surface area contributed by atoms with Crippen molar-refractivity contribution in [1.82, 2.24) is 9.88 Å². The fraction of sp³-hybridized carbons (Fsp3) is 0.438. The summed E-state index contributed by atoms with van der Waals surface area (Å²) < 4.78 is 0. The van der Waals surface area contributed by atoms with E-state index in [1.165, 1.54) is 0 Å². The van der Waals surface area contributed by atoms with E-state index in [0.717, 1.165) is 35.3 Å². The van der Waals surface area contributed by atoms with Crippen LogP contribution in [0.3, 0.4) is 0 Å². The number of para-hydroxylation sites is 1. The quantitative estimate of drug-likeness (QED) is 0.902. The van der Waals surface area contributed by atoms with Crippen LogP contribution in [0.25, 0.3) is 10.9 Å². The van der Waals surface area contributed by atoms with Crippen molar-refractivity contribution in [3.8, 4) is 0 Å². The van der Waals surface area contributed by atoms with Crippen LogP contribution < -0.4 is 5.73 Å². The molecule has 0 radical (unpaired) electrons. The molecule has 0 aliphatic carbocycles. The molecule has 22 heavy (non-hydrogen) atoms. The van der Waals surface area contributed by atoms with Gasteiger partial charge in [-0.05, 0) is 18.1 Å². The van der Waals surface area contributed by atoms with Crippen LogP contribution in [0.2, 0.25) is 0 Å². The standard InChI is InChI=1S/C16H21N3OS.ClH/c1-11-10-19(6-7-21-11)16(20)14(17)8-12-9-18-15-5-3-2-4-13(12)15;/h2-5,9,11,14,18H,6-8,10,17H2,1H3;1H/t11?,14-;/m0./s1. The smallest absolute Gasteiger partial charge is 0.239 e. The SMILES string of the molecule is CC1CN(C(=O)[C@@H](N)Cc2c[nH]c3ccccc23)CCS1.Cl. The molecule has 1 saturated heterocycles. The van der Waals surface area contributed by atoms with Gasteiger partial charge in [0.15, 0.2) is 0 Å². The molecule has 2 aromatic rings. The second kappa shape index (κ2) is 7.40. The summed E-state index contributed by atoms with van der Waals surface area (Å²) >= 11 is 1.92. The Balaban J connectivity index is 0.00000176. The van der Waals surface area contributed by atoms with Crippen molar-refractivity contribution >= 4 is 41.0 Å². The molecule has 120 valence electrons. The minimum atomic E-state index is -0.459. The predicted molar refractivity (Wildman–Crippen MR) is 95.7 cm³/mol. The van der Waals surface area contributed by atoms with Crippen LogP contribution in [-0.4, -0.2) is 45.9 Å². The summed E-state index contributed by atoms with van der Waals surface area (Å²) in [4.78, 5) is 17.6. The lowest BCUT2D eigenvalue weighted by Gasteiger charge is -2.32. The Labute approximate surface area is 141 Å². The molecule has 6 heteroatoms. The first-order chi connectivity index (χ1) is 10.1. The number of amides is 1. The molecular formula is C16H22ClN3OS. The van der Waals surface area contributed by atoms with E-state index in [4.69, 9.17) is 5.73 Å². The van der Waals surface area contributed by atoms with E-state index in [2.05, 4.69) is 18.0 Å². The maximum absolute atomic E-state index is 12.5. The maximum Gasteiger partial charge on any atom is 0.239 e. The Morgan fingerprint density at radius 3 is 3.05 bits per heavy atom. The van der Waals surface area contributed by atoms with E-state index < -0.39 is 6.04 Å². The van der Waals surface area contributed by atoms with Gasteiger partial charge in [0.1, 0.15) is 0 Å². The Kier molecular flexibility index (Phi) is 5.78. The molecular weight excluding hydrogens is 318 g/mol. The van der Waals surface area contributed by atoms with Crippen LogP contribution in [-0.2, 0) is 11.2 Å². The number of carbonyl (C=O) groups excluding carboxylic acids is 1. The maximum atomic E-state index is 12.5. The third kappa shape index (κ3) is 3.59. The molecule has 1 aromatic carbocycles. The van der Waals surface area contributed by atoms with Gasteiger partial charge in [-0.2, -0.15) is 11.8 Å². The van der Waals surface area contributed by atoms with Gasteiger partial charge < -0.3 is 15.6 Å². The Morgan fingerprint density at radius 1 is 1.50 bits per heavy atom. The fourth-order valence-corrected chi connectivity index (χ4v) is 3.89. The number of nitrogens with one attached hydrogen (secondary N) is 1. The van der Waals surface area contributed by atoms with Crippen LogP contribution in [0, 0.1) is 0 Å². The lowest BCUT2D eigenvalue weighted by atomic mass is 10.0. The zero-order valence-corrected chi connectivity index (χ0v) is 14.3. The lowest BCUT2D eigenvalue weighted by Crippen LogP contribution is -2.49. The average Bonchev–Trinajstić information content (AvgIpc) is 2.90. The molecule has 2 atom stereocenters. The summed E-state index contributed by atoms with van der Waals surface area (Å²) in [5, 5.41) is 1.66. The number of aromatic amines is 1. The molecule has 4 nitrogen and oxygen atoms in total. The number of halogens is 1. The fourth-order valence-electron chi connectivity index (χ4n) is 2.88. The number of nitrogens with two attached hydrogens (primary N) is 1. The Hall–Kier alpha value is -1.17. The number of thioether (sulfide) groups is 1. The molecule has 1 amide bonds. The van der Waals surface area contributed by atoms with Crippen molar-refractivity contribution in [3.05, 3.63) is 36.0 Å². The highest BCUT2D eigenvalue weighted by molar-refractivity contribution is 7.99. The first kappa shape index (κ1) is 17.2. The largest absolute Gasteiger partial charge is 0.361 e. The topological polar surface area (TPSA) is 62.1 Å². The molecule has 1 aliphatic heterocycles. The molecule has 0 bridgehead atoms. The highest BCUT2D eigenvalue weighted by Crippen LogP contribution is 2.21. The first-order valence-corrected chi connectivity index (χ1v) is 8.41. The van der Waals surface area contributed by atoms with Crippen molar-refractivity contribution in [2.75, 3.05) is 18.8 Å². The predicted octanol–water partition coefficient (Wildman–Crippen LogP) is 2.42. The van der Waals surface area contributed by atoms with E-state index in [-0.39, 0.29) is 18.3 Å². The number of H-pyrrole nitrogens is 1. The average molecular weight is 340 g/mol. The van der Waals surface area contributed by atoms with Gasteiger partial charge in [-0.3, -0.25) is 4.79 Å². The highest BCUT2D eigenvalue weighted by atomic mass is 35.5. The zero-order chi connectivity index (χ0) is 14.8. The van der Waals surface area contributed by atoms with Crippen LogP contribution in [0.15, 0.2) is 30.5 Å². The molecule has 1 unspecified atom stereocenters. The van der Waals surface area contributed by atoms with Crippen molar-refractivity contribution in [3.63, 3.8) is 0 Å². The Bertz CT molecular complexity index is 645. The van der Waals surface area contributed by atoms with E-state index >= 15 is 0 Å². The van der Waals surface area contributed by atoms with Crippen molar-refractivity contribution < 1.29 is 4.79 Å². The number of hydrogen-bond acceptors (Lipinski definition) is 3. The van der Waals surface area contributed by atoms with Crippen LogP contribution >= 0.6 is 24.2 Å². The number of hydrogen-bond donors (Lipinski definition) is 2. The van der Waals surface area contributed by atoms with Gasteiger partial charge >= 0.3 is 0 Å². The van der Waals surface area contributed by atoms with E-state index in [1.807, 2.05) is 41.1 Å². The van der Waals surface area contributed by atoms with Gasteiger partial charge in [0.25, 0.3) is 0 Å². The summed E-state index contributed by atoms with van der Waals surface area (Å²) in [6.07, 6.45) is 2.55. The number of aromatic nitrogens is 1. The second-order valence-corrected chi connectivity index (χ2v) is 7.18. The number of carbonyl (C=O) groups is 1. The molecule has 1 aromatic heterocycles. The molecule has 1 fully saturated rings. The normalized spacial score (nSPS) is 19.7. The van der Waals surface area contributed by atoms with Crippen LogP contribution in [0.1, 0.15) is 12.5 Å². The van der Waals surface area contributed by atoms with Gasteiger partial charge in [0.2, 0.25) is 5.91 Å².